The first-order valence-corrected chi connectivity index (χ1v) is 3.62. The summed E-state index contributed by atoms with van der Waals surface area (Å²) in [4.78, 5) is 10.2. The van der Waals surface area contributed by atoms with E-state index in [2.05, 4.69) is 26.3 Å². The van der Waals surface area contributed by atoms with Gasteiger partial charge in [0.25, 0.3) is 0 Å². The van der Waals surface area contributed by atoms with Crippen LogP contribution in [0.1, 0.15) is 13.3 Å². The molecule has 0 rings (SSSR count). The highest BCUT2D eigenvalue weighted by atomic mass is 16.1. The quantitative estimate of drug-likeness (QED) is 0.354. The van der Waals surface area contributed by atoms with Crippen molar-refractivity contribution in [3.63, 3.8) is 0 Å². The van der Waals surface area contributed by atoms with E-state index < -0.39 is 0 Å². The van der Waals surface area contributed by atoms with Crippen molar-refractivity contribution in [3.8, 4) is 0 Å². The molecule has 0 bridgehead atoms. The Morgan fingerprint density at radius 2 is 1.67 bits per heavy atom. The van der Waals surface area contributed by atoms with E-state index in [-0.39, 0.29) is 5.78 Å². The first kappa shape index (κ1) is 13.2. The van der Waals surface area contributed by atoms with E-state index in [9.17, 15) is 4.79 Å². The third-order valence-electron chi connectivity index (χ3n) is 0.922. The largest absolute Gasteiger partial charge is 0.295 e. The molecule has 1 nitrogen and oxygen atoms in total. The second-order valence-corrected chi connectivity index (χ2v) is 2.21. The van der Waals surface area contributed by atoms with Gasteiger partial charge in [0.1, 0.15) is 0 Å². The third kappa shape index (κ3) is 15.9. The van der Waals surface area contributed by atoms with Crippen LogP contribution in [0, 0.1) is 0 Å². The highest BCUT2D eigenvalue weighted by Crippen LogP contribution is 1.81. The lowest BCUT2D eigenvalue weighted by Crippen LogP contribution is -1.85. The summed E-state index contributed by atoms with van der Waals surface area (Å²) < 4.78 is 0. The lowest BCUT2D eigenvalue weighted by atomic mass is 10.3. The smallest absolute Gasteiger partial charge is 0.158 e. The van der Waals surface area contributed by atoms with Gasteiger partial charge in [-0.25, -0.2) is 0 Å². The molecule has 0 aromatic rings. The normalized spacial score (nSPS) is 7.08. The van der Waals surface area contributed by atoms with Gasteiger partial charge in [0.05, 0.1) is 0 Å². The van der Waals surface area contributed by atoms with Crippen LogP contribution in [0.25, 0.3) is 0 Å². The van der Waals surface area contributed by atoms with Gasteiger partial charge < -0.3 is 0 Å². The summed E-state index contributed by atoms with van der Waals surface area (Å²) in [6.45, 7) is 15.6. The van der Waals surface area contributed by atoms with Crippen LogP contribution in [0.15, 0.2) is 50.1 Å². The monoisotopic (exact) mass is 164 g/mol. The van der Waals surface area contributed by atoms with Crippen molar-refractivity contribution in [2.24, 2.45) is 0 Å². The van der Waals surface area contributed by atoms with Crippen molar-refractivity contribution >= 4 is 5.78 Å². The second kappa shape index (κ2) is 9.63. The van der Waals surface area contributed by atoms with Gasteiger partial charge in [0.15, 0.2) is 5.78 Å². The van der Waals surface area contributed by atoms with Crippen LogP contribution in [-0.4, -0.2) is 5.78 Å². The molecule has 0 N–H and O–H groups in total. The SMILES string of the molecule is C=CC(=C)C.C=CCC(=O)C=C. The Labute approximate surface area is 74.8 Å². The highest BCUT2D eigenvalue weighted by Gasteiger charge is 1.84. The van der Waals surface area contributed by atoms with Crippen LogP contribution < -0.4 is 0 Å². The zero-order chi connectivity index (χ0) is 9.98. The molecule has 0 aliphatic heterocycles. The van der Waals surface area contributed by atoms with Gasteiger partial charge in [-0.05, 0) is 13.0 Å². The molecule has 0 radical (unpaired) electrons. The van der Waals surface area contributed by atoms with E-state index in [1.165, 1.54) is 6.08 Å². The lowest BCUT2D eigenvalue weighted by Gasteiger charge is -1.78. The minimum absolute atomic E-state index is 0.0231. The Balaban J connectivity index is 0. The average molecular weight is 164 g/mol. The predicted octanol–water partition coefficient (Wildman–Crippen LogP) is 3.07. The molecule has 12 heavy (non-hydrogen) atoms. The average Bonchev–Trinajstić information content (AvgIpc) is 2.06. The number of carbonyl (C=O) groups is 1. The zero-order valence-corrected chi connectivity index (χ0v) is 7.68. The van der Waals surface area contributed by atoms with Crippen LogP contribution in [0.3, 0.4) is 0 Å². The summed E-state index contributed by atoms with van der Waals surface area (Å²) in [7, 11) is 0. The summed E-state index contributed by atoms with van der Waals surface area (Å²) in [6, 6.07) is 0. The van der Waals surface area contributed by atoms with Gasteiger partial charge in [-0.2, -0.15) is 0 Å². The number of ketones is 1. The first-order valence-electron chi connectivity index (χ1n) is 3.62. The summed E-state index contributed by atoms with van der Waals surface area (Å²) in [6.07, 6.45) is 4.98. The highest BCUT2D eigenvalue weighted by molar-refractivity contribution is 5.89. The number of allylic oxidation sites excluding steroid dienone is 4. The number of hydrogen-bond donors (Lipinski definition) is 0. The minimum Gasteiger partial charge on any atom is -0.295 e. The Hall–Kier alpha value is -1.37. The fraction of sp³-hybridized carbons (Fsp3) is 0.182. The Morgan fingerprint density at radius 3 is 1.75 bits per heavy atom. The second-order valence-electron chi connectivity index (χ2n) is 2.21. The van der Waals surface area contributed by atoms with Crippen LogP contribution in [0.4, 0.5) is 0 Å². The van der Waals surface area contributed by atoms with Gasteiger partial charge in [0, 0.05) is 6.42 Å². The van der Waals surface area contributed by atoms with E-state index in [1.807, 2.05) is 6.92 Å². The molecule has 0 aliphatic carbocycles. The third-order valence-corrected chi connectivity index (χ3v) is 0.922. The van der Waals surface area contributed by atoms with Crippen molar-refractivity contribution < 1.29 is 4.79 Å². The fourth-order valence-electron chi connectivity index (χ4n) is 0.226. The molecule has 0 aromatic heterocycles. The zero-order valence-electron chi connectivity index (χ0n) is 7.68. The maximum absolute atomic E-state index is 10.2. The van der Waals surface area contributed by atoms with Gasteiger partial charge in [-0.1, -0.05) is 37.5 Å². The molecule has 0 saturated heterocycles. The van der Waals surface area contributed by atoms with E-state index in [4.69, 9.17) is 0 Å². The first-order chi connectivity index (χ1) is 5.58. The van der Waals surface area contributed by atoms with E-state index in [0.717, 1.165) is 5.57 Å². The van der Waals surface area contributed by atoms with Gasteiger partial charge in [0.2, 0.25) is 0 Å². The molecule has 1 heteroatoms. The van der Waals surface area contributed by atoms with Crippen LogP contribution in [0.5, 0.6) is 0 Å². The molecule has 0 saturated carbocycles. The summed E-state index contributed by atoms with van der Waals surface area (Å²) in [5, 5.41) is 0. The summed E-state index contributed by atoms with van der Waals surface area (Å²) in [5.74, 6) is 0.0231. The molecule has 0 amide bonds. The van der Waals surface area contributed by atoms with Gasteiger partial charge >= 0.3 is 0 Å². The van der Waals surface area contributed by atoms with Crippen molar-refractivity contribution in [3.05, 3.63) is 50.1 Å². The van der Waals surface area contributed by atoms with E-state index >= 15 is 0 Å². The van der Waals surface area contributed by atoms with Crippen molar-refractivity contribution in [1.82, 2.24) is 0 Å². The molecule has 66 valence electrons. The molecule has 0 aliphatic rings. The predicted molar refractivity (Wildman–Crippen MR) is 55.0 cm³/mol. The molecule has 0 aromatic carbocycles. The van der Waals surface area contributed by atoms with E-state index in [0.29, 0.717) is 6.42 Å². The minimum atomic E-state index is 0.0231. The summed E-state index contributed by atoms with van der Waals surface area (Å²) >= 11 is 0. The molecular weight excluding hydrogens is 148 g/mol. The molecular formula is C11H16O. The van der Waals surface area contributed by atoms with Crippen molar-refractivity contribution in [2.75, 3.05) is 0 Å². The number of carbonyl (C=O) groups excluding carboxylic acids is 1. The molecule has 0 spiro atoms. The topological polar surface area (TPSA) is 17.1 Å². The van der Waals surface area contributed by atoms with E-state index in [1.54, 1.807) is 12.2 Å². The standard InChI is InChI=1S/C6H8O.C5H8/c1-3-5-6(7)4-2;1-4-5(2)3/h3-4H,1-2,5H2;4H,1-2H2,3H3. The molecule has 0 atom stereocenters. The summed E-state index contributed by atoms with van der Waals surface area (Å²) in [5.41, 5.74) is 1.02. The van der Waals surface area contributed by atoms with Gasteiger partial charge in [-0.3, -0.25) is 4.79 Å². The molecule has 0 unspecified atom stereocenters. The Morgan fingerprint density at radius 1 is 1.25 bits per heavy atom. The Bertz CT molecular complexity index is 187. The number of hydrogen-bond acceptors (Lipinski definition) is 1. The van der Waals surface area contributed by atoms with Crippen LogP contribution in [-0.2, 0) is 4.79 Å². The fourth-order valence-corrected chi connectivity index (χ4v) is 0.226. The van der Waals surface area contributed by atoms with Crippen LogP contribution in [0.2, 0.25) is 0 Å². The van der Waals surface area contributed by atoms with Crippen LogP contribution >= 0.6 is 0 Å². The number of rotatable bonds is 4. The van der Waals surface area contributed by atoms with Crippen molar-refractivity contribution in [1.29, 1.82) is 0 Å². The van der Waals surface area contributed by atoms with Gasteiger partial charge in [-0.15, -0.1) is 6.58 Å². The molecule has 0 heterocycles. The lowest BCUT2D eigenvalue weighted by molar-refractivity contribution is -0.113. The Kier molecular flexibility index (Phi) is 10.6. The van der Waals surface area contributed by atoms with Crippen molar-refractivity contribution in [2.45, 2.75) is 13.3 Å². The maximum atomic E-state index is 10.2. The maximum Gasteiger partial charge on any atom is 0.158 e. The molecule has 0 fully saturated rings.